The Bertz CT molecular complexity index is 824. The molecule has 5 heteroatoms. The molecule has 3 rings (SSSR count). The standard InChI is InChI=1S/C17H16N2O3/c1-21-15-6-5-13(10-16(15)22-2)14(20)11-19-9-3-4-12-7-8-18-17(12)19/h3-10H,11H2,1-2H3/p+1. The molecule has 0 unspecified atom stereocenters. The highest BCUT2D eigenvalue weighted by molar-refractivity contribution is 5.96. The Balaban J connectivity index is 1.90. The second-order valence-electron chi connectivity index (χ2n) is 4.91. The van der Waals surface area contributed by atoms with Crippen molar-refractivity contribution >= 4 is 16.8 Å². The van der Waals surface area contributed by atoms with Gasteiger partial charge in [0.15, 0.2) is 18.0 Å². The summed E-state index contributed by atoms with van der Waals surface area (Å²) in [6.07, 6.45) is 3.75. The van der Waals surface area contributed by atoms with E-state index >= 15 is 0 Å². The van der Waals surface area contributed by atoms with Gasteiger partial charge in [-0.05, 0) is 36.4 Å². The minimum atomic E-state index is 0.00746. The van der Waals surface area contributed by atoms with Gasteiger partial charge >= 0.3 is 0 Å². The highest BCUT2D eigenvalue weighted by Crippen LogP contribution is 2.27. The number of rotatable bonds is 5. The SMILES string of the molecule is COc1ccc(C(=O)C[n+]2cccc3cc[nH]c32)cc1OC. The number of nitrogens with zero attached hydrogens (tertiary/aromatic N) is 1. The fourth-order valence-corrected chi connectivity index (χ4v) is 2.47. The Hall–Kier alpha value is -2.82. The second kappa shape index (κ2) is 5.89. The van der Waals surface area contributed by atoms with Gasteiger partial charge in [0.2, 0.25) is 5.78 Å². The third kappa shape index (κ3) is 2.53. The van der Waals surface area contributed by atoms with Gasteiger partial charge in [-0.15, -0.1) is 0 Å². The first-order valence-electron chi connectivity index (χ1n) is 6.93. The lowest BCUT2D eigenvalue weighted by molar-refractivity contribution is -0.658. The van der Waals surface area contributed by atoms with Crippen LogP contribution in [0, 0.1) is 0 Å². The van der Waals surface area contributed by atoms with Crippen LogP contribution in [0.2, 0.25) is 0 Å². The van der Waals surface area contributed by atoms with Crippen molar-refractivity contribution in [3.8, 4) is 11.5 Å². The zero-order valence-corrected chi connectivity index (χ0v) is 12.5. The molecule has 1 N–H and O–H groups in total. The van der Waals surface area contributed by atoms with Crippen molar-refractivity contribution in [3.63, 3.8) is 0 Å². The molecule has 0 saturated heterocycles. The maximum atomic E-state index is 12.5. The van der Waals surface area contributed by atoms with E-state index in [-0.39, 0.29) is 12.3 Å². The van der Waals surface area contributed by atoms with E-state index in [0.717, 1.165) is 11.0 Å². The largest absolute Gasteiger partial charge is 0.493 e. The average molecular weight is 297 g/mol. The molecule has 2 heterocycles. The van der Waals surface area contributed by atoms with Gasteiger partial charge in [-0.2, -0.15) is 0 Å². The van der Waals surface area contributed by atoms with Crippen molar-refractivity contribution in [1.29, 1.82) is 0 Å². The van der Waals surface area contributed by atoms with E-state index in [1.165, 1.54) is 0 Å². The van der Waals surface area contributed by atoms with Crippen LogP contribution in [0.1, 0.15) is 10.4 Å². The Morgan fingerprint density at radius 3 is 2.73 bits per heavy atom. The van der Waals surface area contributed by atoms with Crippen LogP contribution >= 0.6 is 0 Å². The molecule has 22 heavy (non-hydrogen) atoms. The summed E-state index contributed by atoms with van der Waals surface area (Å²) >= 11 is 0. The van der Waals surface area contributed by atoms with Crippen molar-refractivity contribution < 1.29 is 18.8 Å². The third-order valence-corrected chi connectivity index (χ3v) is 3.60. The number of pyridine rings is 1. The molecule has 112 valence electrons. The van der Waals surface area contributed by atoms with Crippen molar-refractivity contribution in [2.45, 2.75) is 6.54 Å². The number of hydrogen-bond donors (Lipinski definition) is 1. The van der Waals surface area contributed by atoms with E-state index in [1.807, 2.05) is 35.2 Å². The van der Waals surface area contributed by atoms with E-state index in [0.29, 0.717) is 17.1 Å². The molecule has 3 aromatic rings. The van der Waals surface area contributed by atoms with Gasteiger partial charge < -0.3 is 9.47 Å². The number of fused-ring (bicyclic) bond motifs is 1. The lowest BCUT2D eigenvalue weighted by Gasteiger charge is -2.09. The molecule has 0 radical (unpaired) electrons. The minimum Gasteiger partial charge on any atom is -0.493 e. The van der Waals surface area contributed by atoms with Crippen molar-refractivity contribution in [3.05, 3.63) is 54.4 Å². The normalized spacial score (nSPS) is 10.6. The fraction of sp³-hybridized carbons (Fsp3) is 0.176. The molecule has 1 aromatic carbocycles. The number of carbonyl (C=O) groups excluding carboxylic acids is 1. The lowest BCUT2D eigenvalue weighted by atomic mass is 10.1. The molecule has 0 saturated carbocycles. The van der Waals surface area contributed by atoms with Crippen LogP contribution in [0.4, 0.5) is 0 Å². The van der Waals surface area contributed by atoms with Gasteiger partial charge in [0, 0.05) is 5.56 Å². The zero-order valence-electron chi connectivity index (χ0n) is 12.5. The molecular weight excluding hydrogens is 280 g/mol. The van der Waals surface area contributed by atoms with Gasteiger partial charge in [-0.1, -0.05) is 0 Å². The van der Waals surface area contributed by atoms with E-state index in [9.17, 15) is 4.79 Å². The molecule has 0 atom stereocenters. The Morgan fingerprint density at radius 1 is 1.14 bits per heavy atom. The lowest BCUT2D eigenvalue weighted by Crippen LogP contribution is -2.38. The summed E-state index contributed by atoms with van der Waals surface area (Å²) in [5.41, 5.74) is 1.52. The first kappa shape index (κ1) is 14.1. The van der Waals surface area contributed by atoms with E-state index in [1.54, 1.807) is 32.4 Å². The first-order valence-corrected chi connectivity index (χ1v) is 6.93. The average Bonchev–Trinajstić information content (AvgIpc) is 3.03. The molecule has 0 aliphatic rings. The van der Waals surface area contributed by atoms with Gasteiger partial charge in [0.25, 0.3) is 5.65 Å². The van der Waals surface area contributed by atoms with Crippen LogP contribution in [-0.2, 0) is 6.54 Å². The summed E-state index contributed by atoms with van der Waals surface area (Å²) in [6, 6.07) is 11.1. The molecule has 0 aliphatic carbocycles. The molecule has 0 fully saturated rings. The van der Waals surface area contributed by atoms with E-state index in [4.69, 9.17) is 9.47 Å². The summed E-state index contributed by atoms with van der Waals surface area (Å²) in [6.45, 7) is 0.257. The maximum absolute atomic E-state index is 12.5. The van der Waals surface area contributed by atoms with Crippen LogP contribution < -0.4 is 14.0 Å². The molecule has 0 amide bonds. The van der Waals surface area contributed by atoms with Crippen LogP contribution in [0.5, 0.6) is 11.5 Å². The Morgan fingerprint density at radius 2 is 1.95 bits per heavy atom. The first-order chi connectivity index (χ1) is 10.7. The van der Waals surface area contributed by atoms with Crippen LogP contribution in [-0.4, -0.2) is 25.0 Å². The van der Waals surface area contributed by atoms with Gasteiger partial charge in [0.05, 0.1) is 32.0 Å². The number of H-pyrrole nitrogens is 1. The molecular formula is C17H17N2O3+. The van der Waals surface area contributed by atoms with Crippen LogP contribution in [0.3, 0.4) is 0 Å². The smallest absolute Gasteiger partial charge is 0.286 e. The number of aromatic amines is 1. The molecule has 0 aliphatic heterocycles. The summed E-state index contributed by atoms with van der Waals surface area (Å²) in [7, 11) is 3.13. The van der Waals surface area contributed by atoms with Crippen molar-refractivity contribution in [2.24, 2.45) is 0 Å². The number of hydrogen-bond acceptors (Lipinski definition) is 3. The highest BCUT2D eigenvalue weighted by Gasteiger charge is 2.15. The van der Waals surface area contributed by atoms with E-state index < -0.39 is 0 Å². The van der Waals surface area contributed by atoms with E-state index in [2.05, 4.69) is 4.98 Å². The number of ether oxygens (including phenoxy) is 2. The number of methoxy groups -OCH3 is 2. The van der Waals surface area contributed by atoms with Gasteiger partial charge in [0.1, 0.15) is 0 Å². The maximum Gasteiger partial charge on any atom is 0.286 e. The minimum absolute atomic E-state index is 0.00746. The Kier molecular flexibility index (Phi) is 3.78. The van der Waals surface area contributed by atoms with Gasteiger partial charge in [-0.3, -0.25) is 4.79 Å². The number of ketones is 1. The Labute approximate surface area is 128 Å². The summed E-state index contributed by atoms with van der Waals surface area (Å²) in [5, 5.41) is 1.07. The van der Waals surface area contributed by atoms with Gasteiger partial charge in [-0.25, -0.2) is 9.55 Å². The van der Waals surface area contributed by atoms with Crippen molar-refractivity contribution in [1.82, 2.24) is 4.98 Å². The monoisotopic (exact) mass is 297 g/mol. The number of carbonyl (C=O) groups is 1. The summed E-state index contributed by atoms with van der Waals surface area (Å²) < 4.78 is 12.3. The van der Waals surface area contributed by atoms with Crippen molar-refractivity contribution in [2.75, 3.05) is 14.2 Å². The zero-order chi connectivity index (χ0) is 15.5. The topological polar surface area (TPSA) is 55.2 Å². The quantitative estimate of drug-likeness (QED) is 0.581. The van der Waals surface area contributed by atoms with Crippen LogP contribution in [0.25, 0.3) is 11.0 Å². The summed E-state index contributed by atoms with van der Waals surface area (Å²) in [4.78, 5) is 15.7. The fourth-order valence-electron chi connectivity index (χ4n) is 2.47. The summed E-state index contributed by atoms with van der Waals surface area (Å²) in [5.74, 6) is 1.17. The number of Topliss-reactive ketones (excluding diaryl/α,β-unsaturated/α-hetero) is 1. The predicted octanol–water partition coefficient (Wildman–Crippen LogP) is 2.36. The van der Waals surface area contributed by atoms with Crippen LogP contribution in [0.15, 0.2) is 48.8 Å². The molecule has 5 nitrogen and oxygen atoms in total. The number of benzene rings is 1. The predicted molar refractivity (Wildman–Crippen MR) is 82.4 cm³/mol. The third-order valence-electron chi connectivity index (χ3n) is 3.60. The molecule has 0 bridgehead atoms. The highest BCUT2D eigenvalue weighted by atomic mass is 16.5. The second-order valence-corrected chi connectivity index (χ2v) is 4.91. The number of aromatic nitrogens is 2. The molecule has 0 spiro atoms. The molecule has 2 aromatic heterocycles. The number of nitrogens with one attached hydrogen (secondary N) is 1.